The van der Waals surface area contributed by atoms with Gasteiger partial charge < -0.3 is 9.84 Å². The monoisotopic (exact) mass is 409 g/mol. The number of esters is 1. The third-order valence-corrected chi connectivity index (χ3v) is 6.32. The summed E-state index contributed by atoms with van der Waals surface area (Å²) in [4.78, 5) is 12.4. The number of benzene rings is 1. The third kappa shape index (κ3) is 3.52. The number of rotatable bonds is 6. The van der Waals surface area contributed by atoms with E-state index in [1.807, 2.05) is 54.9 Å². The van der Waals surface area contributed by atoms with Crippen LogP contribution in [0.3, 0.4) is 0 Å². The predicted octanol–water partition coefficient (Wildman–Crippen LogP) is 4.14. The SMILES string of the molecule is CCOC(=O)CC(c1cc(CO)c2sccc2c1)c1ccn2c(C)nnc2c1C. The molecule has 150 valence electrons. The Morgan fingerprint density at radius 3 is 2.86 bits per heavy atom. The van der Waals surface area contributed by atoms with Crippen molar-refractivity contribution in [3.8, 4) is 0 Å². The first-order chi connectivity index (χ1) is 14.0. The highest BCUT2D eigenvalue weighted by Gasteiger charge is 2.24. The first kappa shape index (κ1) is 19.5. The van der Waals surface area contributed by atoms with Crippen molar-refractivity contribution in [2.24, 2.45) is 0 Å². The summed E-state index contributed by atoms with van der Waals surface area (Å²) in [5.41, 5.74) is 4.64. The minimum absolute atomic E-state index is 0.0433. The fraction of sp³-hybridized carbons (Fsp3) is 0.318. The number of aryl methyl sites for hydroxylation is 2. The lowest BCUT2D eigenvalue weighted by Crippen LogP contribution is -2.13. The molecule has 3 heterocycles. The second-order valence-electron chi connectivity index (χ2n) is 7.08. The van der Waals surface area contributed by atoms with E-state index in [4.69, 9.17) is 4.74 Å². The van der Waals surface area contributed by atoms with Gasteiger partial charge in [0.1, 0.15) is 5.82 Å². The van der Waals surface area contributed by atoms with Gasteiger partial charge in [-0.25, -0.2) is 0 Å². The smallest absolute Gasteiger partial charge is 0.306 e. The van der Waals surface area contributed by atoms with E-state index in [0.717, 1.165) is 43.8 Å². The molecule has 0 radical (unpaired) electrons. The molecule has 6 nitrogen and oxygen atoms in total. The van der Waals surface area contributed by atoms with Crippen molar-refractivity contribution in [1.29, 1.82) is 0 Å². The van der Waals surface area contributed by atoms with Gasteiger partial charge in [0.05, 0.1) is 19.6 Å². The summed E-state index contributed by atoms with van der Waals surface area (Å²) < 4.78 is 8.28. The van der Waals surface area contributed by atoms with Gasteiger partial charge in [0, 0.05) is 16.8 Å². The van der Waals surface area contributed by atoms with E-state index in [1.54, 1.807) is 11.3 Å². The van der Waals surface area contributed by atoms with E-state index in [-0.39, 0.29) is 24.9 Å². The Morgan fingerprint density at radius 1 is 1.28 bits per heavy atom. The quantitative estimate of drug-likeness (QED) is 0.485. The lowest BCUT2D eigenvalue weighted by atomic mass is 9.85. The molecule has 0 bridgehead atoms. The number of pyridine rings is 1. The van der Waals surface area contributed by atoms with Crippen LogP contribution < -0.4 is 0 Å². The van der Waals surface area contributed by atoms with Gasteiger partial charge >= 0.3 is 5.97 Å². The number of hydrogen-bond donors (Lipinski definition) is 1. The van der Waals surface area contributed by atoms with Crippen molar-refractivity contribution in [1.82, 2.24) is 14.6 Å². The van der Waals surface area contributed by atoms with Crippen molar-refractivity contribution in [3.63, 3.8) is 0 Å². The van der Waals surface area contributed by atoms with Gasteiger partial charge in [0.2, 0.25) is 0 Å². The van der Waals surface area contributed by atoms with Gasteiger partial charge in [-0.05, 0) is 72.0 Å². The zero-order valence-electron chi connectivity index (χ0n) is 16.7. The van der Waals surface area contributed by atoms with Crippen LogP contribution in [0.5, 0.6) is 0 Å². The van der Waals surface area contributed by atoms with Crippen LogP contribution in [0.15, 0.2) is 35.8 Å². The zero-order chi connectivity index (χ0) is 20.5. The molecular formula is C22H23N3O3S. The van der Waals surface area contributed by atoms with Gasteiger partial charge in [-0.2, -0.15) is 0 Å². The topological polar surface area (TPSA) is 76.7 Å². The number of aromatic nitrogens is 3. The summed E-state index contributed by atoms with van der Waals surface area (Å²) in [5, 5.41) is 21.5. The number of carbonyl (C=O) groups is 1. The van der Waals surface area contributed by atoms with Crippen molar-refractivity contribution in [2.45, 2.75) is 39.7 Å². The first-order valence-corrected chi connectivity index (χ1v) is 10.5. The largest absolute Gasteiger partial charge is 0.466 e. The highest BCUT2D eigenvalue weighted by atomic mass is 32.1. The number of fused-ring (bicyclic) bond motifs is 2. The molecule has 1 N–H and O–H groups in total. The Kier molecular flexibility index (Phi) is 5.34. The molecule has 0 spiro atoms. The highest BCUT2D eigenvalue weighted by molar-refractivity contribution is 7.17. The van der Waals surface area contributed by atoms with Crippen LogP contribution in [0.25, 0.3) is 15.7 Å². The Morgan fingerprint density at radius 2 is 2.10 bits per heavy atom. The third-order valence-electron chi connectivity index (χ3n) is 5.31. The number of carbonyl (C=O) groups excluding carboxylic acids is 1. The molecule has 1 aromatic carbocycles. The molecule has 1 atom stereocenters. The Bertz CT molecular complexity index is 1190. The summed E-state index contributed by atoms with van der Waals surface area (Å²) in [7, 11) is 0. The Labute approximate surface area is 172 Å². The summed E-state index contributed by atoms with van der Waals surface area (Å²) >= 11 is 1.61. The fourth-order valence-electron chi connectivity index (χ4n) is 3.88. The maximum atomic E-state index is 12.4. The lowest BCUT2D eigenvalue weighted by molar-refractivity contribution is -0.143. The predicted molar refractivity (Wildman–Crippen MR) is 113 cm³/mol. The highest BCUT2D eigenvalue weighted by Crippen LogP contribution is 2.36. The van der Waals surface area contributed by atoms with Gasteiger partial charge in [0.25, 0.3) is 0 Å². The van der Waals surface area contributed by atoms with Gasteiger partial charge in [-0.3, -0.25) is 9.20 Å². The van der Waals surface area contributed by atoms with E-state index in [1.165, 1.54) is 0 Å². The van der Waals surface area contributed by atoms with Crippen LogP contribution in [-0.4, -0.2) is 32.3 Å². The normalized spacial score (nSPS) is 12.6. The van der Waals surface area contributed by atoms with E-state index in [9.17, 15) is 9.90 Å². The summed E-state index contributed by atoms with van der Waals surface area (Å²) in [6, 6.07) is 8.18. The standard InChI is InChI=1S/C22H23N3O3S/c1-4-28-20(27)11-19(16-9-15-6-8-29-21(15)17(10-16)12-26)18-5-7-25-14(3)23-24-22(25)13(18)2/h5-10,19,26H,4,11-12H2,1-3H3. The average Bonchev–Trinajstić information content (AvgIpc) is 3.33. The molecule has 4 rings (SSSR count). The number of nitrogens with zero attached hydrogens (tertiary/aromatic N) is 3. The second kappa shape index (κ2) is 7.93. The van der Waals surface area contributed by atoms with E-state index < -0.39 is 0 Å². The number of ether oxygens (including phenoxy) is 1. The molecule has 0 aliphatic rings. The molecular weight excluding hydrogens is 386 g/mol. The zero-order valence-corrected chi connectivity index (χ0v) is 17.5. The maximum Gasteiger partial charge on any atom is 0.306 e. The van der Waals surface area contributed by atoms with Crippen molar-refractivity contribution in [2.75, 3.05) is 6.61 Å². The van der Waals surface area contributed by atoms with Gasteiger partial charge in [0.15, 0.2) is 5.65 Å². The van der Waals surface area contributed by atoms with Crippen LogP contribution in [0.2, 0.25) is 0 Å². The van der Waals surface area contributed by atoms with Crippen molar-refractivity contribution < 1.29 is 14.6 Å². The maximum absolute atomic E-state index is 12.4. The summed E-state index contributed by atoms with van der Waals surface area (Å²) in [6.45, 7) is 6.03. The molecule has 7 heteroatoms. The van der Waals surface area contributed by atoms with Crippen LogP contribution in [0, 0.1) is 13.8 Å². The van der Waals surface area contributed by atoms with Crippen LogP contribution in [-0.2, 0) is 16.1 Å². The number of thiophene rings is 1. The second-order valence-corrected chi connectivity index (χ2v) is 7.99. The molecule has 0 aliphatic carbocycles. The minimum atomic E-state index is -0.245. The van der Waals surface area contributed by atoms with E-state index in [0.29, 0.717) is 6.61 Å². The Hall–Kier alpha value is -2.77. The van der Waals surface area contributed by atoms with Crippen LogP contribution in [0.4, 0.5) is 0 Å². The molecule has 29 heavy (non-hydrogen) atoms. The number of hydrogen-bond acceptors (Lipinski definition) is 6. The van der Waals surface area contributed by atoms with E-state index in [2.05, 4.69) is 16.3 Å². The molecule has 0 fully saturated rings. The van der Waals surface area contributed by atoms with Crippen molar-refractivity contribution >= 4 is 33.0 Å². The fourth-order valence-corrected chi connectivity index (χ4v) is 4.77. The average molecular weight is 410 g/mol. The molecule has 4 aromatic rings. The molecule has 0 saturated carbocycles. The minimum Gasteiger partial charge on any atom is -0.466 e. The van der Waals surface area contributed by atoms with Crippen LogP contribution >= 0.6 is 11.3 Å². The molecule has 0 saturated heterocycles. The van der Waals surface area contributed by atoms with E-state index >= 15 is 0 Å². The van der Waals surface area contributed by atoms with Gasteiger partial charge in [-0.1, -0.05) is 6.07 Å². The van der Waals surface area contributed by atoms with Crippen molar-refractivity contribution in [3.05, 3.63) is 63.9 Å². The number of aliphatic hydroxyl groups is 1. The van der Waals surface area contributed by atoms with Gasteiger partial charge in [-0.15, -0.1) is 21.5 Å². The Balaban J connectivity index is 1.88. The lowest BCUT2D eigenvalue weighted by Gasteiger charge is -2.21. The molecule has 0 amide bonds. The molecule has 0 aliphatic heterocycles. The molecule has 1 unspecified atom stereocenters. The van der Waals surface area contributed by atoms with Crippen LogP contribution in [0.1, 0.15) is 47.3 Å². The summed E-state index contributed by atoms with van der Waals surface area (Å²) in [5.74, 6) is 0.370. The number of aliphatic hydroxyl groups excluding tert-OH is 1. The first-order valence-electron chi connectivity index (χ1n) is 9.60. The molecule has 3 aromatic heterocycles. The summed E-state index contributed by atoms with van der Waals surface area (Å²) in [6.07, 6.45) is 2.17.